The number of hydrogen-bond acceptors (Lipinski definition) is 3. The van der Waals surface area contributed by atoms with Crippen molar-refractivity contribution in [3.63, 3.8) is 0 Å². The third kappa shape index (κ3) is 5.63. The Kier molecular flexibility index (Phi) is 6.99. The molecule has 3 rings (SSSR count). The fraction of sp³-hybridized carbons (Fsp3) is 0.407. The molecule has 0 fully saturated rings. The maximum Gasteiger partial charge on any atom is 0.337 e. The molecule has 0 heterocycles. The van der Waals surface area contributed by atoms with Crippen LogP contribution in [0.15, 0.2) is 54.6 Å². The van der Waals surface area contributed by atoms with Crippen molar-refractivity contribution in [2.24, 2.45) is 11.3 Å². The van der Waals surface area contributed by atoms with Gasteiger partial charge in [0, 0.05) is 0 Å². The molecule has 2 unspecified atom stereocenters. The van der Waals surface area contributed by atoms with Gasteiger partial charge in [0.05, 0.1) is 18.6 Å². The van der Waals surface area contributed by atoms with E-state index in [0.717, 1.165) is 24.0 Å². The first-order valence-corrected chi connectivity index (χ1v) is 10.9. The molecule has 0 saturated carbocycles. The van der Waals surface area contributed by atoms with Gasteiger partial charge < -0.3 is 9.84 Å². The Hall–Kier alpha value is -2.88. The highest BCUT2D eigenvalue weighted by atomic mass is 16.5. The SMILES string of the molecule is COC(=O)c1ccc(CC(C(=O)O)c2ccc(C3=CCC(C(C)(C)C)CC3)cc2)cc1. The van der Waals surface area contributed by atoms with Gasteiger partial charge in [0.2, 0.25) is 0 Å². The summed E-state index contributed by atoms with van der Waals surface area (Å²) in [6, 6.07) is 14.9. The van der Waals surface area contributed by atoms with Crippen LogP contribution in [0.2, 0.25) is 0 Å². The molecule has 0 bridgehead atoms. The lowest BCUT2D eigenvalue weighted by atomic mass is 9.72. The van der Waals surface area contributed by atoms with Crippen LogP contribution in [-0.2, 0) is 16.0 Å². The molecule has 4 heteroatoms. The van der Waals surface area contributed by atoms with E-state index in [2.05, 4.69) is 39.0 Å². The minimum atomic E-state index is -0.852. The van der Waals surface area contributed by atoms with Crippen LogP contribution in [-0.4, -0.2) is 24.2 Å². The molecule has 0 radical (unpaired) electrons. The number of esters is 1. The maximum atomic E-state index is 12.0. The zero-order chi connectivity index (χ0) is 22.6. The summed E-state index contributed by atoms with van der Waals surface area (Å²) in [7, 11) is 1.34. The van der Waals surface area contributed by atoms with Crippen LogP contribution in [0.1, 0.15) is 73.0 Å². The molecule has 0 spiro atoms. The second-order valence-corrected chi connectivity index (χ2v) is 9.47. The van der Waals surface area contributed by atoms with Gasteiger partial charge in [0.25, 0.3) is 0 Å². The normalized spacial score (nSPS) is 17.5. The highest BCUT2D eigenvalue weighted by Gasteiger charge is 2.26. The number of rotatable bonds is 6. The molecule has 2 aromatic carbocycles. The molecule has 0 saturated heterocycles. The van der Waals surface area contributed by atoms with Crippen LogP contribution in [0.5, 0.6) is 0 Å². The van der Waals surface area contributed by atoms with Gasteiger partial charge in [0.1, 0.15) is 0 Å². The van der Waals surface area contributed by atoms with E-state index in [9.17, 15) is 14.7 Å². The van der Waals surface area contributed by atoms with E-state index in [1.165, 1.54) is 24.7 Å². The number of carbonyl (C=O) groups excluding carboxylic acids is 1. The summed E-state index contributed by atoms with van der Waals surface area (Å²) in [5, 5.41) is 9.81. The van der Waals surface area contributed by atoms with Gasteiger partial charge in [-0.1, -0.05) is 63.2 Å². The molecule has 4 nitrogen and oxygen atoms in total. The average molecular weight is 421 g/mol. The van der Waals surface area contributed by atoms with E-state index in [4.69, 9.17) is 4.74 Å². The highest BCUT2D eigenvalue weighted by molar-refractivity contribution is 5.89. The average Bonchev–Trinajstić information content (AvgIpc) is 2.77. The molecule has 1 aliphatic rings. The van der Waals surface area contributed by atoms with Crippen molar-refractivity contribution in [1.29, 1.82) is 0 Å². The van der Waals surface area contributed by atoms with Gasteiger partial charge in [-0.05, 0) is 71.4 Å². The fourth-order valence-electron chi connectivity index (χ4n) is 4.29. The van der Waals surface area contributed by atoms with E-state index < -0.39 is 17.9 Å². The Balaban J connectivity index is 1.72. The summed E-state index contributed by atoms with van der Waals surface area (Å²) in [5.74, 6) is -1.18. The third-order valence-corrected chi connectivity index (χ3v) is 6.43. The van der Waals surface area contributed by atoms with E-state index in [0.29, 0.717) is 23.3 Å². The molecule has 0 aromatic heterocycles. The molecule has 0 amide bonds. The van der Waals surface area contributed by atoms with E-state index >= 15 is 0 Å². The number of hydrogen-bond donors (Lipinski definition) is 1. The Morgan fingerprint density at radius 1 is 1.06 bits per heavy atom. The fourth-order valence-corrected chi connectivity index (χ4v) is 4.29. The topological polar surface area (TPSA) is 63.6 Å². The van der Waals surface area contributed by atoms with Crippen LogP contribution in [0.4, 0.5) is 0 Å². The van der Waals surface area contributed by atoms with Gasteiger partial charge >= 0.3 is 11.9 Å². The molecular weight excluding hydrogens is 388 g/mol. The Morgan fingerprint density at radius 2 is 1.71 bits per heavy atom. The summed E-state index contributed by atoms with van der Waals surface area (Å²) < 4.78 is 4.71. The molecule has 164 valence electrons. The van der Waals surface area contributed by atoms with Crippen molar-refractivity contribution in [3.8, 4) is 0 Å². The zero-order valence-corrected chi connectivity index (χ0v) is 18.9. The van der Waals surface area contributed by atoms with E-state index in [1.54, 1.807) is 24.3 Å². The van der Waals surface area contributed by atoms with Gasteiger partial charge in [-0.2, -0.15) is 0 Å². The minimum absolute atomic E-state index is 0.329. The number of ether oxygens (including phenoxy) is 1. The summed E-state index contributed by atoms with van der Waals surface area (Å²) in [6.45, 7) is 6.92. The first kappa shape index (κ1) is 22.8. The van der Waals surface area contributed by atoms with Gasteiger partial charge in [-0.15, -0.1) is 0 Å². The molecule has 1 aliphatic carbocycles. The summed E-state index contributed by atoms with van der Waals surface area (Å²) >= 11 is 0. The van der Waals surface area contributed by atoms with Crippen molar-refractivity contribution in [3.05, 3.63) is 76.9 Å². The predicted octanol–water partition coefficient (Wildman–Crippen LogP) is 6.11. The van der Waals surface area contributed by atoms with Crippen molar-refractivity contribution in [1.82, 2.24) is 0 Å². The number of benzene rings is 2. The first-order chi connectivity index (χ1) is 14.7. The third-order valence-electron chi connectivity index (χ3n) is 6.43. The van der Waals surface area contributed by atoms with Crippen LogP contribution >= 0.6 is 0 Å². The molecule has 2 aromatic rings. The number of allylic oxidation sites excluding steroid dienone is 2. The summed E-state index contributed by atoms with van der Waals surface area (Å²) in [4.78, 5) is 23.5. The van der Waals surface area contributed by atoms with E-state index in [1.807, 2.05) is 12.1 Å². The predicted molar refractivity (Wildman–Crippen MR) is 123 cm³/mol. The number of carboxylic acids is 1. The molecule has 0 aliphatic heterocycles. The second-order valence-electron chi connectivity index (χ2n) is 9.47. The van der Waals surface area contributed by atoms with Gasteiger partial charge in [-0.25, -0.2) is 4.79 Å². The first-order valence-electron chi connectivity index (χ1n) is 10.9. The standard InChI is InChI=1S/C27H32O4/c1-27(2,3)23-15-13-20(14-16-23)19-9-11-21(12-10-19)24(25(28)29)17-18-5-7-22(8-6-18)26(30)31-4/h5-13,23-24H,14-17H2,1-4H3,(H,28,29). The lowest BCUT2D eigenvalue weighted by Gasteiger charge is -2.33. The minimum Gasteiger partial charge on any atom is -0.481 e. The van der Waals surface area contributed by atoms with Crippen molar-refractivity contribution in [2.75, 3.05) is 7.11 Å². The second kappa shape index (κ2) is 9.51. The highest BCUT2D eigenvalue weighted by Crippen LogP contribution is 2.39. The van der Waals surface area contributed by atoms with Crippen LogP contribution in [0, 0.1) is 11.3 Å². The number of methoxy groups -OCH3 is 1. The largest absolute Gasteiger partial charge is 0.481 e. The number of carboxylic acid groups (broad SMARTS) is 1. The van der Waals surface area contributed by atoms with Crippen LogP contribution < -0.4 is 0 Å². The van der Waals surface area contributed by atoms with Crippen molar-refractivity contribution in [2.45, 2.75) is 52.4 Å². The number of aliphatic carboxylic acids is 1. The monoisotopic (exact) mass is 420 g/mol. The molecule has 31 heavy (non-hydrogen) atoms. The van der Waals surface area contributed by atoms with Crippen molar-refractivity contribution < 1.29 is 19.4 Å². The number of carbonyl (C=O) groups is 2. The summed E-state index contributed by atoms with van der Waals surface area (Å²) in [6.07, 6.45) is 6.07. The maximum absolute atomic E-state index is 12.0. The Morgan fingerprint density at radius 3 is 2.19 bits per heavy atom. The van der Waals surface area contributed by atoms with Crippen LogP contribution in [0.25, 0.3) is 5.57 Å². The molecule has 1 N–H and O–H groups in total. The van der Waals surface area contributed by atoms with Crippen molar-refractivity contribution >= 4 is 17.5 Å². The lowest BCUT2D eigenvalue weighted by Crippen LogP contribution is -2.22. The van der Waals surface area contributed by atoms with Crippen LogP contribution in [0.3, 0.4) is 0 Å². The Labute approximate surface area is 184 Å². The quantitative estimate of drug-likeness (QED) is 0.572. The summed E-state index contributed by atoms with van der Waals surface area (Å²) in [5.41, 5.74) is 4.98. The van der Waals surface area contributed by atoms with Gasteiger partial charge in [-0.3, -0.25) is 4.79 Å². The smallest absolute Gasteiger partial charge is 0.337 e. The Bertz CT molecular complexity index is 946. The molecule has 2 atom stereocenters. The lowest BCUT2D eigenvalue weighted by molar-refractivity contribution is -0.138. The molecular formula is C27H32O4. The van der Waals surface area contributed by atoms with Gasteiger partial charge in [0.15, 0.2) is 0 Å². The van der Waals surface area contributed by atoms with E-state index in [-0.39, 0.29) is 0 Å². The zero-order valence-electron chi connectivity index (χ0n) is 18.9.